The highest BCUT2D eigenvalue weighted by atomic mass is 35.5. The highest BCUT2D eigenvalue weighted by Gasteiger charge is 2.26. The lowest BCUT2D eigenvalue weighted by atomic mass is 10.1. The number of pyridine rings is 1. The first-order chi connectivity index (χ1) is 12.9. The summed E-state index contributed by atoms with van der Waals surface area (Å²) < 4.78 is 26.8. The van der Waals surface area contributed by atoms with Crippen LogP contribution in [-0.4, -0.2) is 26.5 Å². The molecule has 0 unspecified atom stereocenters. The van der Waals surface area contributed by atoms with Gasteiger partial charge in [-0.05, 0) is 62.2 Å². The van der Waals surface area contributed by atoms with Crippen LogP contribution in [0.2, 0.25) is 5.02 Å². The third-order valence-electron chi connectivity index (χ3n) is 4.77. The third kappa shape index (κ3) is 3.66. The number of benzene rings is 2. The van der Waals surface area contributed by atoms with Crippen LogP contribution in [0.3, 0.4) is 0 Å². The average Bonchev–Trinajstić information content (AvgIpc) is 2.68. The van der Waals surface area contributed by atoms with Crippen molar-refractivity contribution in [2.75, 3.05) is 18.0 Å². The zero-order valence-corrected chi connectivity index (χ0v) is 17.3. The molecule has 0 aliphatic carbocycles. The Morgan fingerprint density at radius 1 is 1.00 bits per heavy atom. The Hall–Kier alpha value is -2.11. The van der Waals surface area contributed by atoms with Crippen molar-refractivity contribution in [2.24, 2.45) is 0 Å². The minimum Gasteiger partial charge on any atom is -0.370 e. The molecule has 2 aromatic carbocycles. The van der Waals surface area contributed by atoms with Gasteiger partial charge in [0.15, 0.2) is 0 Å². The Kier molecular flexibility index (Phi) is 5.72. The van der Waals surface area contributed by atoms with E-state index in [1.807, 2.05) is 26.0 Å². The average molecular weight is 403 g/mol. The molecular weight excluding hydrogens is 380 g/mol. The van der Waals surface area contributed by atoms with E-state index in [0.717, 1.165) is 28.6 Å². The lowest BCUT2D eigenvalue weighted by Gasteiger charge is -2.25. The topological polar surface area (TPSA) is 50.3 Å². The molecular formula is C21H23ClN2O2S. The van der Waals surface area contributed by atoms with Crippen molar-refractivity contribution in [1.82, 2.24) is 4.98 Å². The molecule has 0 atom stereocenters. The number of hydrogen-bond acceptors (Lipinski definition) is 4. The maximum absolute atomic E-state index is 13.4. The summed E-state index contributed by atoms with van der Waals surface area (Å²) in [4.78, 5) is 6.97. The molecule has 0 fully saturated rings. The quantitative estimate of drug-likeness (QED) is 0.573. The van der Waals surface area contributed by atoms with Crippen molar-refractivity contribution < 1.29 is 8.42 Å². The van der Waals surface area contributed by atoms with Gasteiger partial charge in [-0.3, -0.25) is 4.98 Å². The zero-order valence-electron chi connectivity index (χ0n) is 15.7. The van der Waals surface area contributed by atoms with Crippen LogP contribution < -0.4 is 4.90 Å². The van der Waals surface area contributed by atoms with Crippen LogP contribution >= 0.6 is 11.6 Å². The molecule has 6 heteroatoms. The van der Waals surface area contributed by atoms with Gasteiger partial charge in [0.25, 0.3) is 0 Å². The van der Waals surface area contributed by atoms with E-state index in [1.54, 1.807) is 12.1 Å². The number of anilines is 1. The number of sulfone groups is 1. The van der Waals surface area contributed by atoms with Gasteiger partial charge in [-0.2, -0.15) is 0 Å². The standard InChI is InChI=1S/C21H23ClN2O2S/c1-4-15-7-12-19-18(13-15)21(24(5-2)6-3)20(14-23-19)27(25,26)17-10-8-16(22)9-11-17/h7-14H,4-6H2,1-3H3. The molecule has 142 valence electrons. The molecule has 0 aliphatic rings. The Labute approximate surface area is 165 Å². The summed E-state index contributed by atoms with van der Waals surface area (Å²) in [5, 5.41) is 1.37. The summed E-state index contributed by atoms with van der Waals surface area (Å²) in [6.45, 7) is 7.54. The number of aryl methyl sites for hydroxylation is 1. The molecule has 0 spiro atoms. The Morgan fingerprint density at radius 2 is 1.67 bits per heavy atom. The van der Waals surface area contributed by atoms with Gasteiger partial charge in [0.05, 0.1) is 16.1 Å². The molecule has 0 radical (unpaired) electrons. The SMILES string of the molecule is CCc1ccc2ncc(S(=O)(=O)c3ccc(Cl)cc3)c(N(CC)CC)c2c1. The zero-order chi connectivity index (χ0) is 19.6. The molecule has 0 aliphatic heterocycles. The van der Waals surface area contributed by atoms with Gasteiger partial charge in [0, 0.05) is 29.7 Å². The fourth-order valence-electron chi connectivity index (χ4n) is 3.23. The second-order valence-electron chi connectivity index (χ2n) is 6.31. The van der Waals surface area contributed by atoms with Gasteiger partial charge in [-0.25, -0.2) is 8.42 Å². The first kappa shape index (κ1) is 19.6. The summed E-state index contributed by atoms with van der Waals surface area (Å²) in [7, 11) is -3.73. The van der Waals surface area contributed by atoms with Gasteiger partial charge in [-0.15, -0.1) is 0 Å². The van der Waals surface area contributed by atoms with Crippen molar-refractivity contribution in [1.29, 1.82) is 0 Å². The number of aromatic nitrogens is 1. The molecule has 0 saturated carbocycles. The number of hydrogen-bond donors (Lipinski definition) is 0. The molecule has 0 amide bonds. The predicted molar refractivity (Wildman–Crippen MR) is 112 cm³/mol. The molecule has 0 N–H and O–H groups in total. The second kappa shape index (κ2) is 7.87. The van der Waals surface area contributed by atoms with Crippen LogP contribution in [0.1, 0.15) is 26.3 Å². The van der Waals surface area contributed by atoms with E-state index < -0.39 is 9.84 Å². The van der Waals surface area contributed by atoms with Crippen molar-refractivity contribution in [3.63, 3.8) is 0 Å². The lowest BCUT2D eigenvalue weighted by molar-refractivity contribution is 0.595. The van der Waals surface area contributed by atoms with E-state index in [9.17, 15) is 8.42 Å². The molecule has 0 saturated heterocycles. The minimum absolute atomic E-state index is 0.216. The predicted octanol–water partition coefficient (Wildman–Crippen LogP) is 5.13. The molecule has 3 rings (SSSR count). The minimum atomic E-state index is -3.73. The molecule has 1 heterocycles. The Balaban J connectivity index is 2.34. The highest BCUT2D eigenvalue weighted by molar-refractivity contribution is 7.91. The lowest BCUT2D eigenvalue weighted by Crippen LogP contribution is -2.24. The van der Waals surface area contributed by atoms with Crippen LogP contribution in [0.4, 0.5) is 5.69 Å². The summed E-state index contributed by atoms with van der Waals surface area (Å²) in [6.07, 6.45) is 2.35. The normalized spacial score (nSPS) is 11.7. The number of fused-ring (bicyclic) bond motifs is 1. The maximum atomic E-state index is 13.4. The summed E-state index contributed by atoms with van der Waals surface area (Å²) in [6, 6.07) is 12.3. The van der Waals surface area contributed by atoms with E-state index in [4.69, 9.17) is 11.6 Å². The van der Waals surface area contributed by atoms with Crippen molar-refractivity contribution >= 4 is 38.0 Å². The summed E-state index contributed by atoms with van der Waals surface area (Å²) in [5.41, 5.74) is 2.66. The fourth-order valence-corrected chi connectivity index (χ4v) is 4.79. The molecule has 1 aromatic heterocycles. The number of rotatable bonds is 6. The van der Waals surface area contributed by atoms with E-state index in [1.165, 1.54) is 18.3 Å². The molecule has 3 aromatic rings. The molecule has 4 nitrogen and oxygen atoms in total. The van der Waals surface area contributed by atoms with Crippen LogP contribution in [-0.2, 0) is 16.3 Å². The van der Waals surface area contributed by atoms with Gasteiger partial charge in [0.1, 0.15) is 4.90 Å². The van der Waals surface area contributed by atoms with E-state index in [0.29, 0.717) is 18.1 Å². The fraction of sp³-hybridized carbons (Fsp3) is 0.286. The van der Waals surface area contributed by atoms with Crippen LogP contribution in [0.15, 0.2) is 58.5 Å². The third-order valence-corrected chi connectivity index (χ3v) is 6.79. The number of nitrogens with zero attached hydrogens (tertiary/aromatic N) is 2. The van der Waals surface area contributed by atoms with Gasteiger partial charge in [-0.1, -0.05) is 24.6 Å². The monoisotopic (exact) mass is 402 g/mol. The summed E-state index contributed by atoms with van der Waals surface area (Å²) in [5.74, 6) is 0. The van der Waals surface area contributed by atoms with Crippen molar-refractivity contribution in [2.45, 2.75) is 37.0 Å². The van der Waals surface area contributed by atoms with E-state index in [-0.39, 0.29) is 9.79 Å². The largest absolute Gasteiger partial charge is 0.370 e. The second-order valence-corrected chi connectivity index (χ2v) is 8.66. The van der Waals surface area contributed by atoms with Crippen LogP contribution in [0.25, 0.3) is 10.9 Å². The van der Waals surface area contributed by atoms with Gasteiger partial charge < -0.3 is 4.90 Å². The van der Waals surface area contributed by atoms with Crippen molar-refractivity contribution in [3.8, 4) is 0 Å². The Morgan fingerprint density at radius 3 is 2.26 bits per heavy atom. The number of halogens is 1. The first-order valence-electron chi connectivity index (χ1n) is 9.09. The highest BCUT2D eigenvalue weighted by Crippen LogP contribution is 2.36. The van der Waals surface area contributed by atoms with Crippen molar-refractivity contribution in [3.05, 3.63) is 59.2 Å². The van der Waals surface area contributed by atoms with E-state index >= 15 is 0 Å². The smallest absolute Gasteiger partial charge is 0.210 e. The molecule has 27 heavy (non-hydrogen) atoms. The van der Waals surface area contributed by atoms with Crippen LogP contribution in [0.5, 0.6) is 0 Å². The summed E-state index contributed by atoms with van der Waals surface area (Å²) >= 11 is 5.93. The molecule has 0 bridgehead atoms. The Bertz CT molecular complexity index is 1060. The van der Waals surface area contributed by atoms with E-state index in [2.05, 4.69) is 22.9 Å². The van der Waals surface area contributed by atoms with Gasteiger partial charge >= 0.3 is 0 Å². The first-order valence-corrected chi connectivity index (χ1v) is 11.0. The van der Waals surface area contributed by atoms with Crippen LogP contribution in [0, 0.1) is 0 Å². The maximum Gasteiger partial charge on any atom is 0.210 e. The van der Waals surface area contributed by atoms with Gasteiger partial charge in [0.2, 0.25) is 9.84 Å².